The first kappa shape index (κ1) is 17.6. The fourth-order valence-corrected chi connectivity index (χ4v) is 3.07. The van der Waals surface area contributed by atoms with E-state index in [1.807, 2.05) is 31.2 Å². The fraction of sp³-hybridized carbons (Fsp3) is 0.167. The van der Waals surface area contributed by atoms with Gasteiger partial charge in [-0.15, -0.1) is 0 Å². The maximum Gasteiger partial charge on any atom is 0.282 e. The number of benzene rings is 2. The van der Waals surface area contributed by atoms with E-state index in [1.165, 1.54) is 10.7 Å². The van der Waals surface area contributed by atoms with E-state index in [2.05, 4.69) is 5.10 Å². The van der Waals surface area contributed by atoms with Crippen molar-refractivity contribution in [2.75, 3.05) is 0 Å². The van der Waals surface area contributed by atoms with Gasteiger partial charge in [0.05, 0.1) is 18.0 Å². The van der Waals surface area contributed by atoms with Gasteiger partial charge in [0.1, 0.15) is 5.69 Å². The minimum absolute atomic E-state index is 0.198. The standard InChI is InChI=1S/C18H17F2N3OS/c1-11-3-2-4-12(7-11)16-9-15(18(19)20)22-23(16)14-5-6-17(25-21)13(8-14)10-24/h2-9,18,24H,10,21H2,1H3. The number of rotatable bonds is 5. The van der Waals surface area contributed by atoms with Crippen LogP contribution in [0, 0.1) is 6.92 Å². The summed E-state index contributed by atoms with van der Waals surface area (Å²) >= 11 is 1.03. The molecule has 3 N–H and O–H groups in total. The molecular weight excluding hydrogens is 344 g/mol. The zero-order valence-electron chi connectivity index (χ0n) is 13.5. The van der Waals surface area contributed by atoms with E-state index in [1.54, 1.807) is 18.2 Å². The van der Waals surface area contributed by atoms with E-state index in [9.17, 15) is 13.9 Å². The van der Waals surface area contributed by atoms with Crippen LogP contribution in [0.1, 0.15) is 23.2 Å². The van der Waals surface area contributed by atoms with Crippen LogP contribution in [0.25, 0.3) is 16.9 Å². The van der Waals surface area contributed by atoms with Crippen molar-refractivity contribution in [3.63, 3.8) is 0 Å². The highest BCUT2D eigenvalue weighted by Gasteiger charge is 2.18. The van der Waals surface area contributed by atoms with Crippen LogP contribution in [0.4, 0.5) is 8.78 Å². The van der Waals surface area contributed by atoms with Gasteiger partial charge in [-0.2, -0.15) is 5.10 Å². The Morgan fingerprint density at radius 3 is 2.64 bits per heavy atom. The Balaban J connectivity index is 2.18. The Morgan fingerprint density at radius 1 is 1.20 bits per heavy atom. The Morgan fingerprint density at radius 2 is 2.00 bits per heavy atom. The van der Waals surface area contributed by atoms with E-state index < -0.39 is 6.43 Å². The average molecular weight is 361 g/mol. The molecule has 0 radical (unpaired) electrons. The molecule has 0 unspecified atom stereocenters. The highest BCUT2D eigenvalue weighted by molar-refractivity contribution is 7.97. The Hall–Kier alpha value is -2.22. The van der Waals surface area contributed by atoms with Gasteiger partial charge in [-0.05, 0) is 54.8 Å². The SMILES string of the molecule is Cc1cccc(-c2cc(C(F)F)nn2-c2ccc(SN)c(CO)c2)c1. The zero-order chi connectivity index (χ0) is 18.0. The number of nitrogens with two attached hydrogens (primary N) is 1. The van der Waals surface area contributed by atoms with Gasteiger partial charge in [0.25, 0.3) is 6.43 Å². The van der Waals surface area contributed by atoms with Crippen LogP contribution in [-0.4, -0.2) is 14.9 Å². The predicted molar refractivity (Wildman–Crippen MR) is 94.7 cm³/mol. The topological polar surface area (TPSA) is 64.1 Å². The molecule has 25 heavy (non-hydrogen) atoms. The van der Waals surface area contributed by atoms with Crippen molar-refractivity contribution in [1.29, 1.82) is 0 Å². The molecule has 4 nitrogen and oxygen atoms in total. The molecular formula is C18H17F2N3OS. The molecule has 130 valence electrons. The molecule has 0 bridgehead atoms. The first-order chi connectivity index (χ1) is 12.0. The number of nitrogens with zero attached hydrogens (tertiary/aromatic N) is 2. The third-order valence-electron chi connectivity index (χ3n) is 3.85. The van der Waals surface area contributed by atoms with Crippen molar-refractivity contribution in [3.05, 3.63) is 65.4 Å². The molecule has 0 aliphatic rings. The smallest absolute Gasteiger partial charge is 0.282 e. The van der Waals surface area contributed by atoms with Crippen LogP contribution >= 0.6 is 11.9 Å². The lowest BCUT2D eigenvalue weighted by atomic mass is 10.1. The van der Waals surface area contributed by atoms with Crippen molar-refractivity contribution < 1.29 is 13.9 Å². The van der Waals surface area contributed by atoms with Crippen molar-refractivity contribution in [3.8, 4) is 16.9 Å². The molecule has 1 aromatic heterocycles. The Kier molecular flexibility index (Phi) is 5.17. The van der Waals surface area contributed by atoms with Gasteiger partial charge in [-0.3, -0.25) is 5.14 Å². The minimum atomic E-state index is -2.67. The summed E-state index contributed by atoms with van der Waals surface area (Å²) in [5.74, 6) is 0. The summed E-state index contributed by atoms with van der Waals surface area (Å²) in [4.78, 5) is 0.726. The quantitative estimate of drug-likeness (QED) is 0.667. The normalized spacial score (nSPS) is 11.3. The molecule has 0 saturated carbocycles. The lowest BCUT2D eigenvalue weighted by Crippen LogP contribution is -2.02. The molecule has 0 fully saturated rings. The molecule has 7 heteroatoms. The predicted octanol–water partition coefficient (Wildman–Crippen LogP) is 4.24. The van der Waals surface area contributed by atoms with Crippen LogP contribution in [0.2, 0.25) is 0 Å². The summed E-state index contributed by atoms with van der Waals surface area (Å²) < 4.78 is 27.9. The highest BCUT2D eigenvalue weighted by Crippen LogP contribution is 2.30. The molecule has 2 aromatic carbocycles. The first-order valence-electron chi connectivity index (χ1n) is 7.59. The number of aliphatic hydroxyl groups excluding tert-OH is 1. The lowest BCUT2D eigenvalue weighted by Gasteiger charge is -2.11. The Labute approximate surface area is 148 Å². The third kappa shape index (κ3) is 3.58. The molecule has 0 spiro atoms. The molecule has 3 rings (SSSR count). The van der Waals surface area contributed by atoms with Crippen molar-refractivity contribution in [2.24, 2.45) is 5.14 Å². The second kappa shape index (κ2) is 7.35. The fourth-order valence-electron chi connectivity index (χ4n) is 2.65. The highest BCUT2D eigenvalue weighted by atomic mass is 32.2. The number of halogens is 2. The van der Waals surface area contributed by atoms with Gasteiger partial charge in [-0.25, -0.2) is 13.5 Å². The average Bonchev–Trinajstić information content (AvgIpc) is 3.07. The maximum absolute atomic E-state index is 13.2. The van der Waals surface area contributed by atoms with Crippen LogP contribution in [-0.2, 0) is 6.61 Å². The molecule has 0 aliphatic heterocycles. The molecule has 0 atom stereocenters. The summed E-state index contributed by atoms with van der Waals surface area (Å²) in [5.41, 5.74) is 3.30. The summed E-state index contributed by atoms with van der Waals surface area (Å²) in [5, 5.41) is 19.2. The van der Waals surface area contributed by atoms with Crippen molar-refractivity contribution in [1.82, 2.24) is 9.78 Å². The zero-order valence-corrected chi connectivity index (χ0v) is 14.3. The minimum Gasteiger partial charge on any atom is -0.392 e. The summed E-state index contributed by atoms with van der Waals surface area (Å²) in [6.07, 6.45) is -2.67. The number of hydrogen-bond acceptors (Lipinski definition) is 4. The summed E-state index contributed by atoms with van der Waals surface area (Å²) in [7, 11) is 0. The van der Waals surface area contributed by atoms with Crippen molar-refractivity contribution in [2.45, 2.75) is 24.9 Å². The largest absolute Gasteiger partial charge is 0.392 e. The molecule has 0 amide bonds. The van der Waals surface area contributed by atoms with Gasteiger partial charge in [0.15, 0.2) is 0 Å². The molecule has 3 aromatic rings. The van der Waals surface area contributed by atoms with Gasteiger partial charge >= 0.3 is 0 Å². The molecule has 0 saturated heterocycles. The van der Waals surface area contributed by atoms with Gasteiger partial charge in [0, 0.05) is 10.5 Å². The first-order valence-corrected chi connectivity index (χ1v) is 8.47. The monoisotopic (exact) mass is 361 g/mol. The molecule has 1 heterocycles. The summed E-state index contributed by atoms with van der Waals surface area (Å²) in [6.45, 7) is 1.74. The maximum atomic E-state index is 13.2. The van der Waals surface area contributed by atoms with Gasteiger partial charge in [0.2, 0.25) is 0 Å². The number of aliphatic hydroxyl groups is 1. The van der Waals surface area contributed by atoms with E-state index in [-0.39, 0.29) is 12.3 Å². The van der Waals surface area contributed by atoms with E-state index in [0.29, 0.717) is 16.9 Å². The van der Waals surface area contributed by atoms with E-state index in [4.69, 9.17) is 5.14 Å². The van der Waals surface area contributed by atoms with Gasteiger partial charge in [-0.1, -0.05) is 23.8 Å². The number of alkyl halides is 2. The molecule has 0 aliphatic carbocycles. The summed E-state index contributed by atoms with van der Waals surface area (Å²) in [6, 6.07) is 14.2. The van der Waals surface area contributed by atoms with Gasteiger partial charge < -0.3 is 5.11 Å². The lowest BCUT2D eigenvalue weighted by molar-refractivity contribution is 0.145. The van der Waals surface area contributed by atoms with Crippen LogP contribution in [0.15, 0.2) is 53.4 Å². The van der Waals surface area contributed by atoms with Crippen LogP contribution in [0.5, 0.6) is 0 Å². The second-order valence-corrected chi connectivity index (χ2v) is 6.28. The van der Waals surface area contributed by atoms with Crippen LogP contribution < -0.4 is 5.14 Å². The van der Waals surface area contributed by atoms with E-state index in [0.717, 1.165) is 28.0 Å². The second-order valence-electron chi connectivity index (χ2n) is 5.60. The van der Waals surface area contributed by atoms with E-state index >= 15 is 0 Å². The number of aromatic nitrogens is 2. The number of aryl methyl sites for hydroxylation is 1. The van der Waals surface area contributed by atoms with Crippen molar-refractivity contribution >= 4 is 11.9 Å². The third-order valence-corrected chi connectivity index (χ3v) is 4.50. The number of hydrogen-bond donors (Lipinski definition) is 2. The Bertz CT molecular complexity index is 896. The van der Waals surface area contributed by atoms with Crippen LogP contribution in [0.3, 0.4) is 0 Å².